The van der Waals surface area contributed by atoms with Crippen molar-refractivity contribution in [3.8, 4) is 21.9 Å². The fourth-order valence-corrected chi connectivity index (χ4v) is 5.77. The fourth-order valence-electron chi connectivity index (χ4n) is 4.79. The standard InChI is InChI=1S/C26H28F2N4O5S.C7H14.C5H12O.C2H6/c1-15(2)32(31-36)13-17(8-6-16-7-9-19(27)20(29)12-16)30-21-5-3-4-18(23(21)28)26-24(35)25(37-11-10-33)22(14-34)38-26;1-7(2,3)6-4-5-6;1-5(2,3)6-4;1-2/h3-5,7,9-10,12,14-15,17,30,35H,6,8,11,13,29H2,1-2H3;6H,4-5H2,1-3H3;1-4H3;1-2H3/t17-;;;/m1.../s1. The highest BCUT2D eigenvalue weighted by Gasteiger charge is 2.33. The molecule has 1 heterocycles. The Labute approximate surface area is 318 Å². The molecule has 53 heavy (non-hydrogen) atoms. The van der Waals surface area contributed by atoms with Crippen LogP contribution in [0.4, 0.5) is 20.2 Å². The van der Waals surface area contributed by atoms with Crippen molar-refractivity contribution in [2.24, 2.45) is 16.6 Å². The number of nitrogens with two attached hydrogens (primary N) is 1. The first-order valence-electron chi connectivity index (χ1n) is 18.0. The Morgan fingerprint density at radius 2 is 1.72 bits per heavy atom. The van der Waals surface area contributed by atoms with Gasteiger partial charge in [0.2, 0.25) is 0 Å². The maximum absolute atomic E-state index is 15.7. The quantitative estimate of drug-likeness (QED) is 0.0633. The smallest absolute Gasteiger partial charge is 0.183 e. The topological polar surface area (TPSA) is 144 Å². The van der Waals surface area contributed by atoms with Crippen LogP contribution in [-0.2, 0) is 16.0 Å². The van der Waals surface area contributed by atoms with Gasteiger partial charge in [-0.3, -0.25) is 14.6 Å². The van der Waals surface area contributed by atoms with Crippen molar-refractivity contribution in [2.75, 3.05) is 31.3 Å². The van der Waals surface area contributed by atoms with Crippen LogP contribution in [0.2, 0.25) is 0 Å². The van der Waals surface area contributed by atoms with Gasteiger partial charge >= 0.3 is 0 Å². The summed E-state index contributed by atoms with van der Waals surface area (Å²) in [4.78, 5) is 33.6. The number of nitroso groups, excluding NO2 is 1. The van der Waals surface area contributed by atoms with Crippen LogP contribution in [0.1, 0.15) is 104 Å². The number of carbonyl (C=O) groups is 2. The third-order valence-electron chi connectivity index (χ3n) is 8.24. The van der Waals surface area contributed by atoms with E-state index >= 15 is 4.39 Å². The number of aryl methyl sites for hydroxylation is 1. The van der Waals surface area contributed by atoms with Crippen molar-refractivity contribution in [1.82, 2.24) is 5.01 Å². The van der Waals surface area contributed by atoms with Crippen LogP contribution in [-0.4, -0.2) is 60.6 Å². The van der Waals surface area contributed by atoms with Gasteiger partial charge in [0, 0.05) is 24.8 Å². The van der Waals surface area contributed by atoms with Crippen LogP contribution < -0.4 is 15.8 Å². The van der Waals surface area contributed by atoms with Gasteiger partial charge in [0.25, 0.3) is 0 Å². The molecule has 0 bridgehead atoms. The molecule has 1 atom stereocenters. The number of anilines is 2. The van der Waals surface area contributed by atoms with E-state index in [2.05, 4.69) is 31.4 Å². The molecule has 2 aromatic carbocycles. The van der Waals surface area contributed by atoms with Gasteiger partial charge in [-0.05, 0) is 95.4 Å². The number of carbonyl (C=O) groups excluding carboxylic acids is 2. The number of aldehydes is 2. The maximum Gasteiger partial charge on any atom is 0.183 e. The molecule has 0 aliphatic heterocycles. The van der Waals surface area contributed by atoms with E-state index in [4.69, 9.17) is 15.2 Å². The summed E-state index contributed by atoms with van der Waals surface area (Å²) in [6.45, 7) is 20.4. The second-order valence-electron chi connectivity index (χ2n) is 14.7. The number of hydrogen-bond donors (Lipinski definition) is 3. The lowest BCUT2D eigenvalue weighted by molar-refractivity contribution is -0.109. The number of nitrogens with zero attached hydrogens (tertiary/aromatic N) is 2. The number of aromatic hydroxyl groups is 1. The molecule has 1 fully saturated rings. The first-order valence-corrected chi connectivity index (χ1v) is 18.8. The SMILES string of the molecule is CC.CC(C)(C)C1CC1.CC(C)N(C[C@@H](CCc1ccc(F)c(N)c1)Nc1cccc(-c2sc(C=O)c(OCC=O)c2O)c1F)N=O.COC(C)(C)C. The molecular formula is C40H60F2N4O6S. The van der Waals surface area contributed by atoms with E-state index in [9.17, 15) is 24.0 Å². The van der Waals surface area contributed by atoms with Crippen LogP contribution in [0.15, 0.2) is 41.7 Å². The van der Waals surface area contributed by atoms with Gasteiger partial charge in [0.05, 0.1) is 33.7 Å². The third kappa shape index (κ3) is 15.8. The molecule has 0 saturated heterocycles. The largest absolute Gasteiger partial charge is 0.503 e. The van der Waals surface area contributed by atoms with E-state index in [0.717, 1.165) is 22.8 Å². The average Bonchev–Trinajstić information content (AvgIpc) is 3.93. The van der Waals surface area contributed by atoms with Crippen molar-refractivity contribution in [2.45, 2.75) is 113 Å². The highest BCUT2D eigenvalue weighted by molar-refractivity contribution is 7.18. The zero-order valence-electron chi connectivity index (χ0n) is 33.2. The molecule has 0 amide bonds. The van der Waals surface area contributed by atoms with E-state index in [1.165, 1.54) is 42.1 Å². The molecule has 0 unspecified atom stereocenters. The highest BCUT2D eigenvalue weighted by atomic mass is 32.1. The number of nitrogen functional groups attached to an aromatic ring is 1. The van der Waals surface area contributed by atoms with Crippen molar-refractivity contribution in [1.29, 1.82) is 0 Å². The second kappa shape index (κ2) is 22.2. The number of benzene rings is 2. The Morgan fingerprint density at radius 3 is 2.17 bits per heavy atom. The zero-order chi connectivity index (χ0) is 40.5. The van der Waals surface area contributed by atoms with E-state index in [1.54, 1.807) is 33.1 Å². The van der Waals surface area contributed by atoms with Gasteiger partial charge in [-0.1, -0.05) is 52.8 Å². The van der Waals surface area contributed by atoms with Crippen LogP contribution in [0.3, 0.4) is 0 Å². The number of thiophene rings is 1. The predicted octanol–water partition coefficient (Wildman–Crippen LogP) is 10.1. The number of methoxy groups -OCH3 is 1. The minimum absolute atomic E-state index is 0.0122. The predicted molar refractivity (Wildman–Crippen MR) is 213 cm³/mol. The summed E-state index contributed by atoms with van der Waals surface area (Å²) in [6.07, 6.45) is 4.76. The summed E-state index contributed by atoms with van der Waals surface area (Å²) >= 11 is 0.826. The lowest BCUT2D eigenvalue weighted by Crippen LogP contribution is -2.37. The number of rotatable bonds is 14. The first-order chi connectivity index (χ1) is 24.9. The Hall–Kier alpha value is -4.10. The molecule has 1 aliphatic rings. The summed E-state index contributed by atoms with van der Waals surface area (Å²) in [7, 11) is 1.71. The van der Waals surface area contributed by atoms with Crippen LogP contribution in [0.25, 0.3) is 10.4 Å². The number of nitrogens with one attached hydrogen (secondary N) is 1. The Morgan fingerprint density at radius 1 is 1.09 bits per heavy atom. The molecule has 1 aliphatic carbocycles. The average molecular weight is 763 g/mol. The van der Waals surface area contributed by atoms with Crippen molar-refractivity contribution in [3.05, 3.63) is 63.4 Å². The molecule has 1 saturated carbocycles. The number of ether oxygens (including phenoxy) is 2. The Balaban J connectivity index is 0.000000780. The monoisotopic (exact) mass is 762 g/mol. The third-order valence-corrected chi connectivity index (χ3v) is 9.36. The summed E-state index contributed by atoms with van der Waals surface area (Å²) in [5.41, 5.74) is 7.23. The normalized spacial score (nSPS) is 12.9. The van der Waals surface area contributed by atoms with E-state index in [1.807, 2.05) is 34.6 Å². The summed E-state index contributed by atoms with van der Waals surface area (Å²) in [5.74, 6) is -0.808. The summed E-state index contributed by atoms with van der Waals surface area (Å²) in [5, 5.41) is 18.1. The lowest BCUT2D eigenvalue weighted by atomic mass is 9.91. The van der Waals surface area contributed by atoms with Crippen LogP contribution in [0.5, 0.6) is 11.5 Å². The molecule has 1 aromatic heterocycles. The molecule has 13 heteroatoms. The Kier molecular flexibility index (Phi) is 19.6. The van der Waals surface area contributed by atoms with E-state index in [-0.39, 0.29) is 57.2 Å². The van der Waals surface area contributed by atoms with Crippen molar-refractivity contribution < 1.29 is 33.0 Å². The van der Waals surface area contributed by atoms with E-state index < -0.39 is 23.4 Å². The van der Waals surface area contributed by atoms with Crippen LogP contribution >= 0.6 is 11.3 Å². The first kappa shape index (κ1) is 46.9. The second-order valence-corrected chi connectivity index (χ2v) is 15.8. The molecule has 0 spiro atoms. The maximum atomic E-state index is 15.7. The number of hydrogen-bond acceptors (Lipinski definition) is 10. The minimum Gasteiger partial charge on any atom is -0.503 e. The molecule has 296 valence electrons. The van der Waals surface area contributed by atoms with Gasteiger partial charge in [-0.2, -0.15) is 0 Å². The number of halogens is 2. The summed E-state index contributed by atoms with van der Waals surface area (Å²) < 4.78 is 39.4. The lowest BCUT2D eigenvalue weighted by Gasteiger charge is -2.27. The van der Waals surface area contributed by atoms with Crippen molar-refractivity contribution >= 4 is 35.3 Å². The molecule has 0 radical (unpaired) electrons. The fraction of sp³-hybridized carbons (Fsp3) is 0.550. The van der Waals surface area contributed by atoms with Crippen molar-refractivity contribution in [3.63, 3.8) is 0 Å². The van der Waals surface area contributed by atoms with E-state index in [0.29, 0.717) is 30.8 Å². The molecule has 10 nitrogen and oxygen atoms in total. The molecule has 4 N–H and O–H groups in total. The van der Waals surface area contributed by atoms with Gasteiger partial charge in [0.1, 0.15) is 17.3 Å². The zero-order valence-corrected chi connectivity index (χ0v) is 34.0. The van der Waals surface area contributed by atoms with Gasteiger partial charge < -0.3 is 25.6 Å². The van der Waals surface area contributed by atoms with Gasteiger partial charge in [-0.15, -0.1) is 16.2 Å². The molecule has 4 rings (SSSR count). The Bertz CT molecular complexity index is 1580. The van der Waals surface area contributed by atoms with Crippen LogP contribution in [0, 0.1) is 27.9 Å². The summed E-state index contributed by atoms with van der Waals surface area (Å²) in [6, 6.07) is 8.26. The van der Waals surface area contributed by atoms with Gasteiger partial charge in [0.15, 0.2) is 29.9 Å². The molecular weight excluding hydrogens is 703 g/mol. The molecule has 3 aromatic rings. The highest BCUT2D eigenvalue weighted by Crippen LogP contribution is 2.48. The van der Waals surface area contributed by atoms with Gasteiger partial charge in [-0.25, -0.2) is 8.78 Å². The minimum atomic E-state index is -0.699.